The van der Waals surface area contributed by atoms with Crippen LogP contribution in [0.15, 0.2) is 53.1 Å². The van der Waals surface area contributed by atoms with Crippen molar-refractivity contribution in [2.45, 2.75) is 32.4 Å². The first-order valence-corrected chi connectivity index (χ1v) is 10.6. The lowest BCUT2D eigenvalue weighted by molar-refractivity contribution is -0.130. The van der Waals surface area contributed by atoms with Crippen LogP contribution in [0.3, 0.4) is 0 Å². The Bertz CT molecular complexity index is 1090. The summed E-state index contributed by atoms with van der Waals surface area (Å²) in [4.78, 5) is 32.3. The van der Waals surface area contributed by atoms with Gasteiger partial charge >= 0.3 is 6.03 Å². The lowest BCUT2D eigenvalue weighted by atomic mass is 9.82. The van der Waals surface area contributed by atoms with Crippen LogP contribution in [-0.2, 0) is 23.3 Å². The quantitative estimate of drug-likeness (QED) is 0.525. The third-order valence-electron chi connectivity index (χ3n) is 5.55. The first kappa shape index (κ1) is 22.3. The Morgan fingerprint density at radius 2 is 1.52 bits per heavy atom. The molecule has 172 valence electrons. The number of rotatable bonds is 8. The molecule has 2 heterocycles. The molecular weight excluding hydrogens is 424 g/mol. The minimum absolute atomic E-state index is 0.121. The van der Waals surface area contributed by atoms with Crippen LogP contribution < -0.4 is 14.8 Å². The van der Waals surface area contributed by atoms with Crippen molar-refractivity contribution in [3.05, 3.63) is 71.4 Å². The molecule has 4 rings (SSSR count). The first-order valence-electron chi connectivity index (χ1n) is 10.6. The zero-order valence-corrected chi connectivity index (χ0v) is 19.0. The Labute approximate surface area is 191 Å². The van der Waals surface area contributed by atoms with E-state index in [9.17, 15) is 9.59 Å². The van der Waals surface area contributed by atoms with Crippen molar-refractivity contribution < 1.29 is 23.6 Å². The third kappa shape index (κ3) is 4.13. The number of carbonyl (C=O) groups is 2. The smallest absolute Gasteiger partial charge is 0.326 e. The Morgan fingerprint density at radius 1 is 0.970 bits per heavy atom. The molecule has 0 atom stereocenters. The summed E-state index contributed by atoms with van der Waals surface area (Å²) in [6, 6.07) is 13.5. The highest BCUT2D eigenvalue weighted by molar-refractivity contribution is 6.09. The van der Waals surface area contributed by atoms with Gasteiger partial charge in [0.25, 0.3) is 5.91 Å². The van der Waals surface area contributed by atoms with Gasteiger partial charge in [0.2, 0.25) is 5.89 Å². The predicted molar refractivity (Wildman–Crippen MR) is 119 cm³/mol. The third-order valence-corrected chi connectivity index (χ3v) is 5.55. The number of methoxy groups -OCH3 is 2. The summed E-state index contributed by atoms with van der Waals surface area (Å²) >= 11 is 0. The SMILES string of the molecule is COc1ccc(C2(c3ccc(OC)cc3)NC(=O)N(Cc3nc(CC(C)C)no3)C2=O)cc1. The number of urea groups is 1. The van der Waals surface area contributed by atoms with Crippen LogP contribution >= 0.6 is 0 Å². The average molecular weight is 450 g/mol. The molecule has 0 spiro atoms. The van der Waals surface area contributed by atoms with Gasteiger partial charge < -0.3 is 19.3 Å². The van der Waals surface area contributed by atoms with Crippen molar-refractivity contribution in [1.29, 1.82) is 0 Å². The minimum atomic E-state index is -1.42. The van der Waals surface area contributed by atoms with Gasteiger partial charge in [-0.2, -0.15) is 4.98 Å². The highest BCUT2D eigenvalue weighted by Gasteiger charge is 2.54. The maximum absolute atomic E-state index is 13.8. The molecule has 1 aliphatic rings. The van der Waals surface area contributed by atoms with E-state index in [-0.39, 0.29) is 12.4 Å². The van der Waals surface area contributed by atoms with E-state index in [1.54, 1.807) is 62.8 Å². The van der Waals surface area contributed by atoms with Gasteiger partial charge in [-0.25, -0.2) is 4.79 Å². The van der Waals surface area contributed by atoms with Crippen molar-refractivity contribution in [2.24, 2.45) is 5.92 Å². The number of imide groups is 1. The van der Waals surface area contributed by atoms with Crippen molar-refractivity contribution >= 4 is 11.9 Å². The zero-order valence-electron chi connectivity index (χ0n) is 19.0. The molecule has 0 saturated carbocycles. The van der Waals surface area contributed by atoms with E-state index in [4.69, 9.17) is 14.0 Å². The fourth-order valence-electron chi connectivity index (χ4n) is 3.90. The number of nitrogens with one attached hydrogen (secondary N) is 1. The standard InChI is InChI=1S/C24H26N4O5/c1-15(2)13-20-25-21(33-27-20)14-28-22(29)24(26-23(28)30,16-5-9-18(31-3)10-6-16)17-7-11-19(32-4)12-8-17/h5-12,15H,13-14H2,1-4H3,(H,26,30). The van der Waals surface area contributed by atoms with Crippen molar-refractivity contribution in [2.75, 3.05) is 14.2 Å². The van der Waals surface area contributed by atoms with E-state index >= 15 is 0 Å². The summed E-state index contributed by atoms with van der Waals surface area (Å²) in [5, 5.41) is 6.86. The molecule has 0 unspecified atom stereocenters. The molecule has 0 radical (unpaired) electrons. The Morgan fingerprint density at radius 3 is 2.00 bits per heavy atom. The fourth-order valence-corrected chi connectivity index (χ4v) is 3.90. The van der Waals surface area contributed by atoms with Gasteiger partial charge in [0.15, 0.2) is 11.4 Å². The zero-order chi connectivity index (χ0) is 23.6. The lowest BCUT2D eigenvalue weighted by Gasteiger charge is -2.28. The molecule has 0 aliphatic carbocycles. The summed E-state index contributed by atoms with van der Waals surface area (Å²) in [5.41, 5.74) is -0.225. The molecule has 1 N–H and O–H groups in total. The lowest BCUT2D eigenvalue weighted by Crippen LogP contribution is -2.45. The molecule has 9 nitrogen and oxygen atoms in total. The molecule has 1 aliphatic heterocycles. The summed E-state index contributed by atoms with van der Waals surface area (Å²) in [5.74, 6) is 1.94. The van der Waals surface area contributed by atoms with Gasteiger partial charge in [-0.1, -0.05) is 43.3 Å². The molecule has 1 fully saturated rings. The van der Waals surface area contributed by atoms with Gasteiger partial charge in [0.1, 0.15) is 18.0 Å². The highest BCUT2D eigenvalue weighted by atomic mass is 16.5. The normalized spacial score (nSPS) is 15.1. The number of hydrogen-bond donors (Lipinski definition) is 1. The highest BCUT2D eigenvalue weighted by Crippen LogP contribution is 2.38. The molecular formula is C24H26N4O5. The van der Waals surface area contributed by atoms with Crippen molar-refractivity contribution in [1.82, 2.24) is 20.4 Å². The van der Waals surface area contributed by atoms with Crippen LogP contribution in [0.5, 0.6) is 11.5 Å². The van der Waals surface area contributed by atoms with Crippen LogP contribution in [0.1, 0.15) is 36.7 Å². The second kappa shape index (κ2) is 8.93. The number of carbonyl (C=O) groups excluding carboxylic acids is 2. The number of aromatic nitrogens is 2. The van der Waals surface area contributed by atoms with Crippen LogP contribution in [-0.4, -0.2) is 41.2 Å². The Balaban J connectivity index is 1.72. The first-order chi connectivity index (χ1) is 15.9. The number of amides is 3. The molecule has 1 saturated heterocycles. The van der Waals surface area contributed by atoms with Gasteiger partial charge in [-0.05, 0) is 41.3 Å². The number of nitrogens with zero attached hydrogens (tertiary/aromatic N) is 3. The summed E-state index contributed by atoms with van der Waals surface area (Å²) in [7, 11) is 3.13. The largest absolute Gasteiger partial charge is 0.497 e. The maximum atomic E-state index is 13.8. The number of hydrogen-bond acceptors (Lipinski definition) is 7. The summed E-state index contributed by atoms with van der Waals surface area (Å²) < 4.78 is 15.8. The number of ether oxygens (including phenoxy) is 2. The van der Waals surface area contributed by atoms with E-state index in [0.717, 1.165) is 4.90 Å². The van der Waals surface area contributed by atoms with E-state index in [1.165, 1.54) is 0 Å². The molecule has 0 bridgehead atoms. The molecule has 2 aromatic carbocycles. The van der Waals surface area contributed by atoms with Crippen LogP contribution in [0, 0.1) is 5.92 Å². The monoisotopic (exact) mass is 450 g/mol. The summed E-state index contributed by atoms with van der Waals surface area (Å²) in [6.07, 6.45) is 0.644. The van der Waals surface area contributed by atoms with Crippen molar-refractivity contribution in [3.63, 3.8) is 0 Å². The Kier molecular flexibility index (Phi) is 6.04. The van der Waals surface area contributed by atoms with E-state index < -0.39 is 17.5 Å². The van der Waals surface area contributed by atoms with Crippen LogP contribution in [0.2, 0.25) is 0 Å². The van der Waals surface area contributed by atoms with Gasteiger partial charge in [0, 0.05) is 6.42 Å². The van der Waals surface area contributed by atoms with Crippen molar-refractivity contribution in [3.8, 4) is 11.5 Å². The predicted octanol–water partition coefficient (Wildman–Crippen LogP) is 3.28. The molecule has 3 amide bonds. The van der Waals surface area contributed by atoms with E-state index in [2.05, 4.69) is 15.5 Å². The molecule has 3 aromatic rings. The summed E-state index contributed by atoms with van der Waals surface area (Å²) in [6.45, 7) is 3.97. The molecule has 33 heavy (non-hydrogen) atoms. The second-order valence-corrected chi connectivity index (χ2v) is 8.23. The van der Waals surface area contributed by atoms with Gasteiger partial charge in [0.05, 0.1) is 14.2 Å². The van der Waals surface area contributed by atoms with Gasteiger partial charge in [-0.15, -0.1) is 0 Å². The van der Waals surface area contributed by atoms with Crippen LogP contribution in [0.25, 0.3) is 0 Å². The van der Waals surface area contributed by atoms with E-state index in [1.807, 2.05) is 13.8 Å². The number of benzene rings is 2. The average Bonchev–Trinajstić information content (AvgIpc) is 3.36. The second-order valence-electron chi connectivity index (χ2n) is 8.23. The topological polar surface area (TPSA) is 107 Å². The minimum Gasteiger partial charge on any atom is -0.497 e. The Hall–Kier alpha value is -3.88. The van der Waals surface area contributed by atoms with Crippen LogP contribution in [0.4, 0.5) is 4.79 Å². The molecule has 1 aromatic heterocycles. The van der Waals surface area contributed by atoms with E-state index in [0.29, 0.717) is 40.8 Å². The van der Waals surface area contributed by atoms with Gasteiger partial charge in [-0.3, -0.25) is 9.69 Å². The maximum Gasteiger partial charge on any atom is 0.326 e. The fraction of sp³-hybridized carbons (Fsp3) is 0.333. The molecule has 9 heteroatoms.